The van der Waals surface area contributed by atoms with Crippen molar-refractivity contribution in [1.29, 1.82) is 0 Å². The maximum Gasteiger partial charge on any atom is 0.0772 e. The predicted molar refractivity (Wildman–Crippen MR) is 76.8 cm³/mol. The molecule has 3 nitrogen and oxygen atoms in total. The Morgan fingerprint density at radius 2 is 2.28 bits per heavy atom. The van der Waals surface area contributed by atoms with Gasteiger partial charge in [0.1, 0.15) is 0 Å². The van der Waals surface area contributed by atoms with Crippen LogP contribution in [0, 0.1) is 5.92 Å². The minimum absolute atomic E-state index is 0.267. The Kier molecular flexibility index (Phi) is 4.65. The molecule has 2 unspecified atom stereocenters. The van der Waals surface area contributed by atoms with Crippen LogP contribution in [0.15, 0.2) is 22.7 Å². The lowest BCUT2D eigenvalue weighted by molar-refractivity contribution is 0.198. The van der Waals surface area contributed by atoms with Crippen molar-refractivity contribution in [3.63, 3.8) is 0 Å². The average molecular weight is 314 g/mol. The van der Waals surface area contributed by atoms with Gasteiger partial charge in [0, 0.05) is 29.9 Å². The fraction of sp³-hybridized carbons (Fsp3) is 0.571. The molecular weight excluding hydrogens is 294 g/mol. The summed E-state index contributed by atoms with van der Waals surface area (Å²) in [6, 6.07) is 6.07. The Balaban J connectivity index is 2.16. The van der Waals surface area contributed by atoms with Crippen molar-refractivity contribution in [3.8, 4) is 0 Å². The Bertz CT molecular complexity index is 409. The van der Waals surface area contributed by atoms with Gasteiger partial charge in [0.2, 0.25) is 0 Å². The summed E-state index contributed by atoms with van der Waals surface area (Å²) in [7, 11) is 0. The van der Waals surface area contributed by atoms with E-state index >= 15 is 0 Å². The van der Waals surface area contributed by atoms with Crippen molar-refractivity contribution in [2.24, 2.45) is 5.92 Å². The van der Waals surface area contributed by atoms with Gasteiger partial charge in [0.15, 0.2) is 0 Å². The summed E-state index contributed by atoms with van der Waals surface area (Å²) in [5.41, 5.74) is 2.07. The van der Waals surface area contributed by atoms with E-state index in [1.54, 1.807) is 6.92 Å². The number of halogens is 1. The van der Waals surface area contributed by atoms with E-state index in [4.69, 9.17) is 0 Å². The quantitative estimate of drug-likeness (QED) is 0.901. The SMILES string of the molecule is CC(O)c1ccc(N2CCCC(CO)C2)cc1Br. The van der Waals surface area contributed by atoms with E-state index < -0.39 is 6.10 Å². The fourth-order valence-electron chi connectivity index (χ4n) is 2.50. The maximum absolute atomic E-state index is 9.61. The lowest BCUT2D eigenvalue weighted by Gasteiger charge is -2.34. The van der Waals surface area contributed by atoms with Gasteiger partial charge in [-0.2, -0.15) is 0 Å². The summed E-state index contributed by atoms with van der Waals surface area (Å²) in [4.78, 5) is 2.31. The minimum atomic E-state index is -0.458. The molecule has 18 heavy (non-hydrogen) atoms. The monoisotopic (exact) mass is 313 g/mol. The van der Waals surface area contributed by atoms with E-state index in [1.807, 2.05) is 12.1 Å². The smallest absolute Gasteiger partial charge is 0.0772 e. The highest BCUT2D eigenvalue weighted by atomic mass is 79.9. The Morgan fingerprint density at radius 1 is 1.50 bits per heavy atom. The van der Waals surface area contributed by atoms with Gasteiger partial charge < -0.3 is 15.1 Å². The van der Waals surface area contributed by atoms with Crippen LogP contribution < -0.4 is 4.90 Å². The minimum Gasteiger partial charge on any atom is -0.396 e. The van der Waals surface area contributed by atoms with E-state index in [-0.39, 0.29) is 6.61 Å². The first-order valence-electron chi connectivity index (χ1n) is 6.45. The molecule has 1 aromatic rings. The zero-order valence-corrected chi connectivity index (χ0v) is 12.2. The highest BCUT2D eigenvalue weighted by Crippen LogP contribution is 2.30. The van der Waals surface area contributed by atoms with Crippen molar-refractivity contribution in [2.45, 2.75) is 25.9 Å². The largest absolute Gasteiger partial charge is 0.396 e. The first-order chi connectivity index (χ1) is 8.61. The molecule has 2 rings (SSSR count). The maximum atomic E-state index is 9.61. The van der Waals surface area contributed by atoms with E-state index in [9.17, 15) is 10.2 Å². The third-order valence-corrected chi connectivity index (χ3v) is 4.26. The van der Waals surface area contributed by atoms with Gasteiger partial charge in [-0.05, 0) is 43.4 Å². The highest BCUT2D eigenvalue weighted by molar-refractivity contribution is 9.10. The number of benzene rings is 1. The van der Waals surface area contributed by atoms with Gasteiger partial charge in [-0.1, -0.05) is 22.0 Å². The van der Waals surface area contributed by atoms with Crippen molar-refractivity contribution in [3.05, 3.63) is 28.2 Å². The summed E-state index contributed by atoms with van der Waals surface area (Å²) >= 11 is 3.51. The van der Waals surface area contributed by atoms with Gasteiger partial charge in [-0.25, -0.2) is 0 Å². The molecule has 0 aromatic heterocycles. The molecule has 1 fully saturated rings. The first-order valence-corrected chi connectivity index (χ1v) is 7.24. The fourth-order valence-corrected chi connectivity index (χ4v) is 3.20. The third-order valence-electron chi connectivity index (χ3n) is 3.58. The molecule has 1 aliphatic heterocycles. The lowest BCUT2D eigenvalue weighted by Crippen LogP contribution is -2.36. The molecule has 0 spiro atoms. The van der Waals surface area contributed by atoms with Crippen LogP contribution in [0.3, 0.4) is 0 Å². The predicted octanol–water partition coefficient (Wildman–Crippen LogP) is 2.71. The number of aliphatic hydroxyl groups is 2. The van der Waals surface area contributed by atoms with E-state index in [0.717, 1.165) is 41.7 Å². The molecule has 0 radical (unpaired) electrons. The van der Waals surface area contributed by atoms with Crippen molar-refractivity contribution in [2.75, 3.05) is 24.6 Å². The van der Waals surface area contributed by atoms with Gasteiger partial charge >= 0.3 is 0 Å². The molecule has 1 aliphatic rings. The zero-order valence-electron chi connectivity index (χ0n) is 10.6. The molecule has 0 amide bonds. The molecule has 100 valence electrons. The molecule has 0 bridgehead atoms. The molecular formula is C14H20BrNO2. The molecule has 0 aliphatic carbocycles. The van der Waals surface area contributed by atoms with Gasteiger partial charge in [0.25, 0.3) is 0 Å². The second-order valence-corrected chi connectivity index (χ2v) is 5.87. The van der Waals surface area contributed by atoms with Gasteiger partial charge in [-0.15, -0.1) is 0 Å². The topological polar surface area (TPSA) is 43.7 Å². The molecule has 1 heterocycles. The lowest BCUT2D eigenvalue weighted by atomic mass is 9.98. The molecule has 1 aromatic carbocycles. The second-order valence-electron chi connectivity index (χ2n) is 5.02. The van der Waals surface area contributed by atoms with Crippen LogP contribution in [0.1, 0.15) is 31.4 Å². The number of anilines is 1. The van der Waals surface area contributed by atoms with Crippen LogP contribution in [0.25, 0.3) is 0 Å². The summed E-state index contributed by atoms with van der Waals surface area (Å²) in [5, 5.41) is 18.9. The van der Waals surface area contributed by atoms with Crippen molar-refractivity contribution < 1.29 is 10.2 Å². The third kappa shape index (κ3) is 3.05. The van der Waals surface area contributed by atoms with Gasteiger partial charge in [0.05, 0.1) is 6.10 Å². The zero-order chi connectivity index (χ0) is 13.1. The number of hydrogen-bond donors (Lipinski definition) is 2. The summed E-state index contributed by atoms with van der Waals surface area (Å²) in [6.45, 7) is 3.99. The summed E-state index contributed by atoms with van der Waals surface area (Å²) in [6.07, 6.45) is 1.78. The molecule has 0 saturated carbocycles. The standard InChI is InChI=1S/C14H20BrNO2/c1-10(18)13-5-4-12(7-14(13)15)16-6-2-3-11(8-16)9-17/h4-5,7,10-11,17-18H,2-3,6,8-9H2,1H3. The molecule has 1 saturated heterocycles. The summed E-state index contributed by atoms with van der Waals surface area (Å²) in [5.74, 6) is 0.383. The normalized spacial score (nSPS) is 22.0. The Hall–Kier alpha value is -0.580. The van der Waals surface area contributed by atoms with Gasteiger partial charge in [-0.3, -0.25) is 0 Å². The molecule has 2 N–H and O–H groups in total. The Morgan fingerprint density at radius 3 is 2.89 bits per heavy atom. The number of hydrogen-bond acceptors (Lipinski definition) is 3. The number of nitrogens with zero attached hydrogens (tertiary/aromatic N) is 1. The van der Waals surface area contributed by atoms with Crippen LogP contribution in [-0.2, 0) is 0 Å². The van der Waals surface area contributed by atoms with Crippen LogP contribution in [-0.4, -0.2) is 29.9 Å². The number of rotatable bonds is 3. The van der Waals surface area contributed by atoms with Crippen molar-refractivity contribution >= 4 is 21.6 Å². The van der Waals surface area contributed by atoms with Crippen molar-refractivity contribution in [1.82, 2.24) is 0 Å². The number of piperidine rings is 1. The van der Waals surface area contributed by atoms with E-state index in [1.165, 1.54) is 0 Å². The molecule has 2 atom stereocenters. The van der Waals surface area contributed by atoms with Crippen LogP contribution in [0.5, 0.6) is 0 Å². The first kappa shape index (κ1) is 13.8. The van der Waals surface area contributed by atoms with E-state index in [0.29, 0.717) is 5.92 Å². The van der Waals surface area contributed by atoms with Crippen LogP contribution >= 0.6 is 15.9 Å². The van der Waals surface area contributed by atoms with Crippen LogP contribution in [0.2, 0.25) is 0 Å². The summed E-state index contributed by atoms with van der Waals surface area (Å²) < 4.78 is 0.945. The Labute approximate surface area is 117 Å². The average Bonchev–Trinajstić information content (AvgIpc) is 2.38. The highest BCUT2D eigenvalue weighted by Gasteiger charge is 2.20. The van der Waals surface area contributed by atoms with E-state index in [2.05, 4.69) is 26.9 Å². The molecule has 4 heteroatoms. The van der Waals surface area contributed by atoms with Crippen LogP contribution in [0.4, 0.5) is 5.69 Å². The second kappa shape index (κ2) is 6.04. The number of aliphatic hydroxyl groups excluding tert-OH is 2.